The number of ketones is 1. The summed E-state index contributed by atoms with van der Waals surface area (Å²) in [6.07, 6.45) is 5.83. The van der Waals surface area contributed by atoms with Gasteiger partial charge >= 0.3 is 0 Å². The lowest BCUT2D eigenvalue weighted by atomic mass is 10.1. The maximum absolute atomic E-state index is 12.1. The Morgan fingerprint density at radius 1 is 1.35 bits per heavy atom. The number of thiol groups is 1. The van der Waals surface area contributed by atoms with Crippen LogP contribution in [0.2, 0.25) is 0 Å². The number of thioether (sulfide) groups is 1. The van der Waals surface area contributed by atoms with E-state index in [1.54, 1.807) is 18.9 Å². The summed E-state index contributed by atoms with van der Waals surface area (Å²) in [6, 6.07) is 4.11. The second-order valence-corrected chi connectivity index (χ2v) is 7.98. The SMILES string of the molecule is COCCCOc1cc2c(cc1SC)C(=O)CC[SH]2C. The first-order valence-electron chi connectivity index (χ1n) is 6.75. The van der Waals surface area contributed by atoms with E-state index in [1.807, 2.05) is 12.3 Å². The van der Waals surface area contributed by atoms with Gasteiger partial charge in [0.15, 0.2) is 5.78 Å². The van der Waals surface area contributed by atoms with E-state index in [0.717, 1.165) is 28.4 Å². The lowest BCUT2D eigenvalue weighted by Gasteiger charge is -2.26. The number of fused-ring (bicyclic) bond motifs is 1. The second-order valence-electron chi connectivity index (χ2n) is 4.81. The summed E-state index contributed by atoms with van der Waals surface area (Å²) in [4.78, 5) is 14.3. The van der Waals surface area contributed by atoms with Gasteiger partial charge in [-0.15, -0.1) is 11.8 Å². The van der Waals surface area contributed by atoms with Crippen LogP contribution in [0.4, 0.5) is 0 Å². The first-order chi connectivity index (χ1) is 9.67. The summed E-state index contributed by atoms with van der Waals surface area (Å²) in [5.41, 5.74) is 0.915. The number of rotatable bonds is 6. The second kappa shape index (κ2) is 7.38. The highest BCUT2D eigenvalue weighted by Crippen LogP contribution is 2.45. The van der Waals surface area contributed by atoms with E-state index < -0.39 is 0 Å². The number of carbonyl (C=O) groups is 1. The normalized spacial score (nSPS) is 19.8. The number of Topliss-reactive ketones (excluding diaryl/α,β-unsaturated/α-hetero) is 1. The fraction of sp³-hybridized carbons (Fsp3) is 0.533. The van der Waals surface area contributed by atoms with Crippen LogP contribution >= 0.6 is 22.7 Å². The highest BCUT2D eigenvalue weighted by molar-refractivity contribution is 8.16. The van der Waals surface area contributed by atoms with E-state index in [2.05, 4.69) is 12.3 Å². The van der Waals surface area contributed by atoms with Crippen LogP contribution < -0.4 is 4.74 Å². The summed E-state index contributed by atoms with van der Waals surface area (Å²) in [7, 11) is 1.47. The molecule has 0 bridgehead atoms. The average molecular weight is 314 g/mol. The predicted molar refractivity (Wildman–Crippen MR) is 87.2 cm³/mol. The minimum atomic E-state index is -0.224. The lowest BCUT2D eigenvalue weighted by molar-refractivity contribution is 0.0984. The number of benzene rings is 1. The largest absolute Gasteiger partial charge is 0.492 e. The smallest absolute Gasteiger partial charge is 0.164 e. The molecule has 20 heavy (non-hydrogen) atoms. The van der Waals surface area contributed by atoms with Crippen molar-refractivity contribution < 1.29 is 14.3 Å². The Morgan fingerprint density at radius 3 is 2.85 bits per heavy atom. The van der Waals surface area contributed by atoms with E-state index in [9.17, 15) is 4.79 Å². The van der Waals surface area contributed by atoms with Gasteiger partial charge in [-0.25, -0.2) is 10.9 Å². The zero-order valence-electron chi connectivity index (χ0n) is 12.3. The third-order valence-electron chi connectivity index (χ3n) is 3.42. The van der Waals surface area contributed by atoms with Gasteiger partial charge in [0.2, 0.25) is 0 Å². The summed E-state index contributed by atoms with van der Waals surface area (Å²) in [6.45, 7) is 1.36. The number of methoxy groups -OCH3 is 1. The molecule has 0 aliphatic carbocycles. The Balaban J connectivity index is 2.23. The summed E-state index contributed by atoms with van der Waals surface area (Å²) < 4.78 is 10.9. The average Bonchev–Trinajstić information content (AvgIpc) is 2.47. The van der Waals surface area contributed by atoms with E-state index in [1.165, 1.54) is 4.90 Å². The zero-order valence-corrected chi connectivity index (χ0v) is 14.0. The molecule has 2 rings (SSSR count). The molecule has 0 aromatic heterocycles. The van der Waals surface area contributed by atoms with Crippen molar-refractivity contribution in [2.75, 3.05) is 38.6 Å². The quantitative estimate of drug-likeness (QED) is 0.496. The highest BCUT2D eigenvalue weighted by atomic mass is 32.2. The van der Waals surface area contributed by atoms with Gasteiger partial charge in [-0.05, 0) is 30.4 Å². The molecule has 3 nitrogen and oxygen atoms in total. The lowest BCUT2D eigenvalue weighted by Crippen LogP contribution is -2.13. The molecule has 0 spiro atoms. The van der Waals surface area contributed by atoms with Crippen molar-refractivity contribution in [2.45, 2.75) is 22.6 Å². The van der Waals surface area contributed by atoms with Crippen molar-refractivity contribution in [2.24, 2.45) is 0 Å². The molecular formula is C15H22O3S2. The maximum atomic E-state index is 12.1. The van der Waals surface area contributed by atoms with E-state index in [4.69, 9.17) is 9.47 Å². The van der Waals surface area contributed by atoms with Crippen LogP contribution in [-0.2, 0) is 4.74 Å². The van der Waals surface area contributed by atoms with Gasteiger partial charge in [-0.1, -0.05) is 0 Å². The molecule has 1 unspecified atom stereocenters. The van der Waals surface area contributed by atoms with Crippen molar-refractivity contribution in [3.8, 4) is 5.75 Å². The van der Waals surface area contributed by atoms with Crippen LogP contribution in [0.15, 0.2) is 21.9 Å². The molecule has 1 atom stereocenters. The Morgan fingerprint density at radius 2 is 2.15 bits per heavy atom. The van der Waals surface area contributed by atoms with E-state index in [0.29, 0.717) is 19.6 Å². The third-order valence-corrected chi connectivity index (χ3v) is 6.26. The molecule has 0 amide bonds. The molecule has 0 saturated heterocycles. The van der Waals surface area contributed by atoms with Gasteiger partial charge in [0.05, 0.1) is 6.61 Å². The van der Waals surface area contributed by atoms with Gasteiger partial charge in [0, 0.05) is 41.9 Å². The molecular weight excluding hydrogens is 292 g/mol. The molecule has 0 fully saturated rings. The Labute approximate surface area is 127 Å². The van der Waals surface area contributed by atoms with E-state index in [-0.39, 0.29) is 16.7 Å². The molecule has 1 aromatic rings. The molecule has 1 aromatic carbocycles. The standard InChI is InChI=1S/C15H22O3S2/c1-17-6-4-7-18-13-10-15-11(9-14(13)19-2)12(16)5-8-20(15)3/h9-10,20H,4-8H2,1-3H3. The molecule has 5 heteroatoms. The minimum Gasteiger partial charge on any atom is -0.492 e. The van der Waals surface area contributed by atoms with Crippen LogP contribution in [0.1, 0.15) is 23.2 Å². The Bertz CT molecular complexity index is 488. The molecule has 1 aliphatic rings. The fourth-order valence-corrected chi connectivity index (χ4v) is 4.54. The monoisotopic (exact) mass is 314 g/mol. The van der Waals surface area contributed by atoms with Crippen LogP contribution in [0.5, 0.6) is 5.75 Å². The Kier molecular flexibility index (Phi) is 5.81. The van der Waals surface area contributed by atoms with Gasteiger partial charge in [-0.2, -0.15) is 0 Å². The number of carbonyl (C=O) groups excluding carboxylic acids is 1. The van der Waals surface area contributed by atoms with Crippen molar-refractivity contribution in [1.29, 1.82) is 0 Å². The van der Waals surface area contributed by atoms with Crippen LogP contribution in [0.25, 0.3) is 0 Å². The maximum Gasteiger partial charge on any atom is 0.164 e. The van der Waals surface area contributed by atoms with Gasteiger partial charge in [0.25, 0.3) is 0 Å². The minimum absolute atomic E-state index is 0.224. The topological polar surface area (TPSA) is 35.5 Å². The molecule has 112 valence electrons. The molecule has 0 saturated carbocycles. The molecule has 0 N–H and O–H groups in total. The highest BCUT2D eigenvalue weighted by Gasteiger charge is 2.23. The zero-order chi connectivity index (χ0) is 14.5. The van der Waals surface area contributed by atoms with Crippen molar-refractivity contribution in [3.63, 3.8) is 0 Å². The predicted octanol–water partition coefficient (Wildman–Crippen LogP) is 3.40. The van der Waals surface area contributed by atoms with Crippen LogP contribution in [0, 0.1) is 0 Å². The molecule has 1 heterocycles. The van der Waals surface area contributed by atoms with Gasteiger partial charge in [-0.3, -0.25) is 4.79 Å². The van der Waals surface area contributed by atoms with Gasteiger partial charge < -0.3 is 9.47 Å². The van der Waals surface area contributed by atoms with Crippen molar-refractivity contribution in [1.82, 2.24) is 0 Å². The van der Waals surface area contributed by atoms with Crippen molar-refractivity contribution in [3.05, 3.63) is 17.7 Å². The summed E-state index contributed by atoms with van der Waals surface area (Å²) in [5.74, 6) is 2.20. The molecule has 1 aliphatic heterocycles. The van der Waals surface area contributed by atoms with Gasteiger partial charge in [0.1, 0.15) is 5.75 Å². The fourth-order valence-electron chi connectivity index (χ4n) is 2.27. The number of ether oxygens (including phenoxy) is 2. The first-order valence-corrected chi connectivity index (χ1v) is 9.95. The Hall–Kier alpha value is -0.650. The summed E-state index contributed by atoms with van der Waals surface area (Å²) >= 11 is 1.63. The third kappa shape index (κ3) is 3.51. The molecule has 0 radical (unpaired) electrons. The summed E-state index contributed by atoms with van der Waals surface area (Å²) in [5, 5.41) is 0. The van der Waals surface area contributed by atoms with Crippen LogP contribution in [0.3, 0.4) is 0 Å². The first kappa shape index (κ1) is 15.7. The van der Waals surface area contributed by atoms with E-state index >= 15 is 0 Å². The van der Waals surface area contributed by atoms with Crippen molar-refractivity contribution >= 4 is 28.4 Å². The number of hydrogen-bond acceptors (Lipinski definition) is 4. The van der Waals surface area contributed by atoms with Crippen LogP contribution in [-0.4, -0.2) is 44.4 Å². The number of hydrogen-bond donors (Lipinski definition) is 1.